The number of hydrogen-bond donors (Lipinski definition) is 0. The number of carbonyl (C=O) groups excluding carboxylic acids is 1. The highest BCUT2D eigenvalue weighted by molar-refractivity contribution is 5.87. The Balaban J connectivity index is 2.80. The Labute approximate surface area is 126 Å². The topological polar surface area (TPSA) is 69.4 Å². The van der Waals surface area contributed by atoms with Crippen LogP contribution in [-0.4, -0.2) is 18.0 Å². The third kappa shape index (κ3) is 2.43. The Bertz CT molecular complexity index is 732. The number of aryl methyl sites for hydroxylation is 1. The van der Waals surface area contributed by atoms with Crippen LogP contribution in [0.15, 0.2) is 48.5 Å². The summed E-state index contributed by atoms with van der Waals surface area (Å²) in [5.74, 6) is -1.20. The third-order valence-electron chi connectivity index (χ3n) is 3.45. The molecule has 1 unspecified atom stereocenters. The quantitative estimate of drug-likeness (QED) is 0.494. The van der Waals surface area contributed by atoms with Crippen LogP contribution in [0.4, 0.5) is 10.1 Å². The van der Waals surface area contributed by atoms with Crippen molar-refractivity contribution in [3.8, 4) is 0 Å². The highest BCUT2D eigenvalue weighted by Gasteiger charge is 2.48. The SMILES string of the molecule is COC(=O)C(F)(c1ccccc1C)c1ccccc1[N+](=O)[O-]. The number of para-hydroxylation sites is 1. The van der Waals surface area contributed by atoms with Crippen molar-refractivity contribution in [2.24, 2.45) is 0 Å². The van der Waals surface area contributed by atoms with E-state index in [4.69, 9.17) is 0 Å². The lowest BCUT2D eigenvalue weighted by atomic mass is 9.84. The number of alkyl halides is 1. The van der Waals surface area contributed by atoms with Crippen molar-refractivity contribution in [1.29, 1.82) is 0 Å². The molecule has 6 heteroatoms. The minimum Gasteiger partial charge on any atom is -0.466 e. The van der Waals surface area contributed by atoms with Crippen molar-refractivity contribution in [3.05, 3.63) is 75.3 Å². The standard InChI is InChI=1S/C16H14FNO4/c1-11-7-3-4-8-12(11)16(17,15(19)22-2)13-9-5-6-10-14(13)18(20)21/h3-10H,1-2H3. The molecule has 0 radical (unpaired) electrons. The van der Waals surface area contributed by atoms with Crippen molar-refractivity contribution >= 4 is 11.7 Å². The Morgan fingerprint density at radius 2 is 1.68 bits per heavy atom. The lowest BCUT2D eigenvalue weighted by molar-refractivity contribution is -0.386. The number of carbonyl (C=O) groups is 1. The summed E-state index contributed by atoms with van der Waals surface area (Å²) in [5, 5.41) is 11.2. The van der Waals surface area contributed by atoms with Crippen LogP contribution in [0.5, 0.6) is 0 Å². The first-order chi connectivity index (χ1) is 10.4. The van der Waals surface area contributed by atoms with E-state index in [1.165, 1.54) is 24.3 Å². The van der Waals surface area contributed by atoms with Crippen molar-refractivity contribution < 1.29 is 18.8 Å². The van der Waals surface area contributed by atoms with Gasteiger partial charge in [0.25, 0.3) is 11.4 Å². The molecule has 0 aromatic heterocycles. The van der Waals surface area contributed by atoms with Crippen LogP contribution in [0.1, 0.15) is 16.7 Å². The maximum absolute atomic E-state index is 15.8. The second-order valence-corrected chi connectivity index (χ2v) is 4.74. The van der Waals surface area contributed by atoms with Gasteiger partial charge in [-0.25, -0.2) is 9.18 Å². The van der Waals surface area contributed by atoms with Gasteiger partial charge >= 0.3 is 5.97 Å². The Morgan fingerprint density at radius 1 is 1.14 bits per heavy atom. The molecule has 114 valence electrons. The lowest BCUT2D eigenvalue weighted by Gasteiger charge is -2.24. The molecule has 0 spiro atoms. The smallest absolute Gasteiger partial charge is 0.353 e. The van der Waals surface area contributed by atoms with Gasteiger partial charge in [-0.3, -0.25) is 10.1 Å². The van der Waals surface area contributed by atoms with Gasteiger partial charge in [-0.1, -0.05) is 36.4 Å². The molecule has 0 aliphatic carbocycles. The van der Waals surface area contributed by atoms with Gasteiger partial charge in [0.05, 0.1) is 17.6 Å². The summed E-state index contributed by atoms with van der Waals surface area (Å²) in [5.41, 5.74) is -3.05. The molecule has 2 aromatic rings. The van der Waals surface area contributed by atoms with E-state index in [0.29, 0.717) is 5.56 Å². The van der Waals surface area contributed by atoms with Crippen LogP contribution in [0, 0.1) is 17.0 Å². The molecule has 5 nitrogen and oxygen atoms in total. The van der Waals surface area contributed by atoms with Gasteiger partial charge in [-0.05, 0) is 18.6 Å². The van der Waals surface area contributed by atoms with Crippen LogP contribution >= 0.6 is 0 Å². The molecule has 0 amide bonds. The first-order valence-electron chi connectivity index (χ1n) is 6.50. The van der Waals surface area contributed by atoms with E-state index < -0.39 is 22.2 Å². The van der Waals surface area contributed by atoms with Crippen molar-refractivity contribution in [3.63, 3.8) is 0 Å². The number of rotatable bonds is 4. The van der Waals surface area contributed by atoms with Crippen LogP contribution < -0.4 is 0 Å². The number of methoxy groups -OCH3 is 1. The fourth-order valence-corrected chi connectivity index (χ4v) is 2.39. The van der Waals surface area contributed by atoms with E-state index in [2.05, 4.69) is 4.74 Å². The van der Waals surface area contributed by atoms with E-state index >= 15 is 4.39 Å². The van der Waals surface area contributed by atoms with Gasteiger partial charge in [0, 0.05) is 11.6 Å². The van der Waals surface area contributed by atoms with E-state index in [1.54, 1.807) is 25.1 Å². The molecule has 0 saturated carbocycles. The molecule has 0 saturated heterocycles. The average molecular weight is 303 g/mol. The molecule has 2 rings (SSSR count). The summed E-state index contributed by atoms with van der Waals surface area (Å²) in [4.78, 5) is 22.6. The van der Waals surface area contributed by atoms with Crippen molar-refractivity contribution in [1.82, 2.24) is 0 Å². The highest BCUT2D eigenvalue weighted by atomic mass is 19.1. The summed E-state index contributed by atoms with van der Waals surface area (Å²) in [6.07, 6.45) is 0. The summed E-state index contributed by atoms with van der Waals surface area (Å²) >= 11 is 0. The van der Waals surface area contributed by atoms with Crippen LogP contribution in [0.25, 0.3) is 0 Å². The average Bonchev–Trinajstić information content (AvgIpc) is 2.53. The molecule has 0 N–H and O–H groups in total. The summed E-state index contributed by atoms with van der Waals surface area (Å²) < 4.78 is 20.3. The molecule has 1 atom stereocenters. The van der Waals surface area contributed by atoms with E-state index in [0.717, 1.165) is 13.2 Å². The number of nitro groups is 1. The lowest BCUT2D eigenvalue weighted by Crippen LogP contribution is -2.35. The predicted molar refractivity (Wildman–Crippen MR) is 78.2 cm³/mol. The van der Waals surface area contributed by atoms with Gasteiger partial charge in [0.15, 0.2) is 0 Å². The molecule has 0 bridgehead atoms. The minimum absolute atomic E-state index is 0.0242. The summed E-state index contributed by atoms with van der Waals surface area (Å²) in [7, 11) is 1.05. The zero-order valence-electron chi connectivity index (χ0n) is 12.1. The maximum atomic E-state index is 15.8. The number of esters is 1. The summed E-state index contributed by atoms with van der Waals surface area (Å²) in [6, 6.07) is 11.5. The fourth-order valence-electron chi connectivity index (χ4n) is 2.39. The number of ether oxygens (including phenoxy) is 1. The molecule has 0 fully saturated rings. The monoisotopic (exact) mass is 303 g/mol. The van der Waals surface area contributed by atoms with Gasteiger partial charge in [-0.15, -0.1) is 0 Å². The number of hydrogen-bond acceptors (Lipinski definition) is 4. The number of benzene rings is 2. The van der Waals surface area contributed by atoms with Crippen LogP contribution in [0.2, 0.25) is 0 Å². The minimum atomic E-state index is -2.75. The highest BCUT2D eigenvalue weighted by Crippen LogP contribution is 2.41. The van der Waals surface area contributed by atoms with Gasteiger partial charge in [-0.2, -0.15) is 0 Å². The van der Waals surface area contributed by atoms with E-state index in [1.807, 2.05) is 0 Å². The predicted octanol–water partition coefficient (Wildman–Crippen LogP) is 3.29. The normalized spacial score (nSPS) is 13.2. The maximum Gasteiger partial charge on any atom is 0.353 e. The largest absolute Gasteiger partial charge is 0.466 e. The molecular weight excluding hydrogens is 289 g/mol. The first kappa shape index (κ1) is 15.6. The second kappa shape index (κ2) is 5.93. The van der Waals surface area contributed by atoms with Crippen molar-refractivity contribution in [2.75, 3.05) is 7.11 Å². The first-order valence-corrected chi connectivity index (χ1v) is 6.50. The van der Waals surface area contributed by atoms with Crippen LogP contribution in [0.3, 0.4) is 0 Å². The number of nitrogens with zero attached hydrogens (tertiary/aromatic N) is 1. The Hall–Kier alpha value is -2.76. The van der Waals surface area contributed by atoms with E-state index in [9.17, 15) is 14.9 Å². The van der Waals surface area contributed by atoms with Gasteiger partial charge in [0.1, 0.15) is 0 Å². The molecule has 22 heavy (non-hydrogen) atoms. The fraction of sp³-hybridized carbons (Fsp3) is 0.188. The Kier molecular flexibility index (Phi) is 4.21. The molecule has 0 heterocycles. The van der Waals surface area contributed by atoms with Crippen LogP contribution in [-0.2, 0) is 15.2 Å². The Morgan fingerprint density at radius 3 is 2.23 bits per heavy atom. The number of halogens is 1. The van der Waals surface area contributed by atoms with E-state index in [-0.39, 0.29) is 11.1 Å². The third-order valence-corrected chi connectivity index (χ3v) is 3.45. The second-order valence-electron chi connectivity index (χ2n) is 4.74. The molecular formula is C16H14FNO4. The molecule has 0 aliphatic heterocycles. The molecule has 2 aromatic carbocycles. The number of nitro benzene ring substituents is 1. The molecule has 0 aliphatic rings. The zero-order chi connectivity index (χ0) is 16.3. The van der Waals surface area contributed by atoms with Gasteiger partial charge in [0.2, 0.25) is 0 Å². The van der Waals surface area contributed by atoms with Gasteiger partial charge < -0.3 is 4.74 Å². The van der Waals surface area contributed by atoms with Crippen molar-refractivity contribution in [2.45, 2.75) is 12.6 Å². The summed E-state index contributed by atoms with van der Waals surface area (Å²) in [6.45, 7) is 1.63. The zero-order valence-corrected chi connectivity index (χ0v) is 12.1.